The number of ether oxygens (including phenoxy) is 1. The van der Waals surface area contributed by atoms with E-state index in [0.29, 0.717) is 0 Å². The van der Waals surface area contributed by atoms with Gasteiger partial charge in [0.15, 0.2) is 0 Å². The summed E-state index contributed by atoms with van der Waals surface area (Å²) in [5, 5.41) is 3.40. The maximum atomic E-state index is 5.46. The van der Waals surface area contributed by atoms with Crippen LogP contribution < -0.4 is 11.1 Å². The number of nitrogens with one attached hydrogen (secondary N) is 1. The van der Waals surface area contributed by atoms with Crippen molar-refractivity contribution in [2.24, 2.45) is 5.73 Å². The molecule has 0 aliphatic carbocycles. The maximum Gasteiger partial charge on any atom is 0.0594 e. The zero-order valence-electron chi connectivity index (χ0n) is 11.6. The van der Waals surface area contributed by atoms with Crippen LogP contribution in [0.25, 0.3) is 0 Å². The molecule has 2 rings (SSSR count). The van der Waals surface area contributed by atoms with Gasteiger partial charge in [-0.05, 0) is 30.6 Å². The van der Waals surface area contributed by atoms with Gasteiger partial charge in [0.1, 0.15) is 0 Å². The summed E-state index contributed by atoms with van der Waals surface area (Å²) in [6.45, 7) is 7.52. The second-order valence-electron chi connectivity index (χ2n) is 5.02. The van der Waals surface area contributed by atoms with E-state index in [4.69, 9.17) is 10.5 Å². The highest BCUT2D eigenvalue weighted by Gasteiger charge is 2.10. The summed E-state index contributed by atoms with van der Waals surface area (Å²) in [4.78, 5) is 2.44. The summed E-state index contributed by atoms with van der Waals surface area (Å²) < 4.78 is 5.36. The van der Waals surface area contributed by atoms with Gasteiger partial charge in [0, 0.05) is 26.2 Å². The van der Waals surface area contributed by atoms with E-state index in [2.05, 4.69) is 34.5 Å². The first-order valence-electron chi connectivity index (χ1n) is 7.17. The summed E-state index contributed by atoms with van der Waals surface area (Å²) in [5.74, 6) is 0. The van der Waals surface area contributed by atoms with Gasteiger partial charge in [-0.3, -0.25) is 4.90 Å². The van der Waals surface area contributed by atoms with Crippen LogP contribution in [0.5, 0.6) is 0 Å². The molecule has 1 fully saturated rings. The van der Waals surface area contributed by atoms with Crippen LogP contribution in [-0.2, 0) is 17.8 Å². The van der Waals surface area contributed by atoms with Crippen molar-refractivity contribution in [3.05, 3.63) is 35.4 Å². The molecule has 106 valence electrons. The van der Waals surface area contributed by atoms with Gasteiger partial charge in [-0.25, -0.2) is 0 Å². The average molecular weight is 263 g/mol. The Labute approximate surface area is 115 Å². The minimum atomic E-state index is 0.755. The molecule has 1 aliphatic heterocycles. The molecule has 0 saturated carbocycles. The van der Waals surface area contributed by atoms with Crippen molar-refractivity contribution in [2.75, 3.05) is 39.4 Å². The molecule has 4 nitrogen and oxygen atoms in total. The number of nitrogens with two attached hydrogens (primary N) is 1. The van der Waals surface area contributed by atoms with E-state index in [-0.39, 0.29) is 0 Å². The van der Waals surface area contributed by atoms with Gasteiger partial charge in [-0.2, -0.15) is 0 Å². The van der Waals surface area contributed by atoms with Gasteiger partial charge in [-0.15, -0.1) is 0 Å². The zero-order chi connectivity index (χ0) is 13.3. The zero-order valence-corrected chi connectivity index (χ0v) is 11.6. The molecule has 0 unspecified atom stereocenters. The van der Waals surface area contributed by atoms with Crippen LogP contribution in [-0.4, -0.2) is 44.3 Å². The Morgan fingerprint density at radius 1 is 1.11 bits per heavy atom. The molecule has 1 aromatic rings. The third-order valence-corrected chi connectivity index (χ3v) is 3.42. The molecule has 0 amide bonds. The second kappa shape index (κ2) is 8.27. The van der Waals surface area contributed by atoms with Crippen molar-refractivity contribution < 1.29 is 4.74 Å². The van der Waals surface area contributed by atoms with Crippen LogP contribution in [0, 0.1) is 0 Å². The number of nitrogens with zero attached hydrogens (tertiary/aromatic N) is 1. The quantitative estimate of drug-likeness (QED) is 0.719. The smallest absolute Gasteiger partial charge is 0.0594 e. The summed E-state index contributed by atoms with van der Waals surface area (Å²) in [7, 11) is 0. The Bertz CT molecular complexity index is 347. The lowest BCUT2D eigenvalue weighted by Gasteiger charge is -2.26. The Kier molecular flexibility index (Phi) is 6.30. The highest BCUT2D eigenvalue weighted by molar-refractivity contribution is 5.22. The number of morpholine rings is 1. The van der Waals surface area contributed by atoms with Gasteiger partial charge in [-0.1, -0.05) is 24.3 Å². The molecule has 1 saturated heterocycles. The van der Waals surface area contributed by atoms with Crippen molar-refractivity contribution in [3.8, 4) is 0 Å². The van der Waals surface area contributed by atoms with Gasteiger partial charge in [0.05, 0.1) is 13.2 Å². The normalized spacial score (nSPS) is 16.7. The first-order valence-corrected chi connectivity index (χ1v) is 7.17. The molecular weight excluding hydrogens is 238 g/mol. The first kappa shape index (κ1) is 14.5. The Morgan fingerprint density at radius 2 is 1.79 bits per heavy atom. The number of rotatable bonds is 7. The molecule has 19 heavy (non-hydrogen) atoms. The Balaban J connectivity index is 1.74. The van der Waals surface area contributed by atoms with E-state index in [9.17, 15) is 0 Å². The number of hydrogen-bond acceptors (Lipinski definition) is 4. The molecule has 4 heteroatoms. The van der Waals surface area contributed by atoms with E-state index in [0.717, 1.165) is 58.9 Å². The predicted molar refractivity (Wildman–Crippen MR) is 77.9 cm³/mol. The first-order chi connectivity index (χ1) is 9.38. The fraction of sp³-hybridized carbons (Fsp3) is 0.600. The van der Waals surface area contributed by atoms with Crippen LogP contribution in [0.15, 0.2) is 24.3 Å². The SMILES string of the molecule is NCCCNCc1ccc(CN2CCOCC2)cc1. The summed E-state index contributed by atoms with van der Waals surface area (Å²) in [6, 6.07) is 8.89. The van der Waals surface area contributed by atoms with E-state index < -0.39 is 0 Å². The molecular formula is C15H25N3O. The van der Waals surface area contributed by atoms with E-state index in [1.54, 1.807) is 0 Å². The van der Waals surface area contributed by atoms with Gasteiger partial charge < -0.3 is 15.8 Å². The van der Waals surface area contributed by atoms with E-state index >= 15 is 0 Å². The Hall–Kier alpha value is -0.940. The molecule has 0 aromatic heterocycles. The average Bonchev–Trinajstić information content (AvgIpc) is 2.46. The molecule has 0 atom stereocenters. The van der Waals surface area contributed by atoms with Gasteiger partial charge in [0.25, 0.3) is 0 Å². The lowest BCUT2D eigenvalue weighted by atomic mass is 10.1. The second-order valence-corrected chi connectivity index (χ2v) is 5.02. The minimum absolute atomic E-state index is 0.755. The number of benzene rings is 1. The van der Waals surface area contributed by atoms with Crippen LogP contribution >= 0.6 is 0 Å². The Morgan fingerprint density at radius 3 is 2.47 bits per heavy atom. The largest absolute Gasteiger partial charge is 0.379 e. The standard InChI is InChI=1S/C15H25N3O/c16-6-1-7-17-12-14-2-4-15(5-3-14)13-18-8-10-19-11-9-18/h2-5,17H,1,6-13,16H2. The summed E-state index contributed by atoms with van der Waals surface area (Å²) in [6.07, 6.45) is 1.04. The van der Waals surface area contributed by atoms with Crippen molar-refractivity contribution in [3.63, 3.8) is 0 Å². The molecule has 3 N–H and O–H groups in total. The van der Waals surface area contributed by atoms with Crippen molar-refractivity contribution in [1.29, 1.82) is 0 Å². The van der Waals surface area contributed by atoms with Crippen LogP contribution in [0.3, 0.4) is 0 Å². The minimum Gasteiger partial charge on any atom is -0.379 e. The molecule has 1 aliphatic rings. The third kappa shape index (κ3) is 5.28. The number of hydrogen-bond donors (Lipinski definition) is 2. The molecule has 0 bridgehead atoms. The summed E-state index contributed by atoms with van der Waals surface area (Å²) >= 11 is 0. The van der Waals surface area contributed by atoms with Crippen molar-refractivity contribution >= 4 is 0 Å². The fourth-order valence-electron chi connectivity index (χ4n) is 2.24. The van der Waals surface area contributed by atoms with Gasteiger partial charge >= 0.3 is 0 Å². The topological polar surface area (TPSA) is 50.5 Å². The molecule has 1 aromatic carbocycles. The highest BCUT2D eigenvalue weighted by atomic mass is 16.5. The molecule has 1 heterocycles. The van der Waals surface area contributed by atoms with E-state index in [1.807, 2.05) is 0 Å². The third-order valence-electron chi connectivity index (χ3n) is 3.42. The van der Waals surface area contributed by atoms with Gasteiger partial charge in [0.2, 0.25) is 0 Å². The monoisotopic (exact) mass is 263 g/mol. The molecule has 0 spiro atoms. The highest BCUT2D eigenvalue weighted by Crippen LogP contribution is 2.09. The van der Waals surface area contributed by atoms with Crippen LogP contribution in [0.1, 0.15) is 17.5 Å². The van der Waals surface area contributed by atoms with Crippen molar-refractivity contribution in [2.45, 2.75) is 19.5 Å². The summed E-state index contributed by atoms with van der Waals surface area (Å²) in [5.41, 5.74) is 8.18. The van der Waals surface area contributed by atoms with Crippen LogP contribution in [0.4, 0.5) is 0 Å². The lowest BCUT2D eigenvalue weighted by molar-refractivity contribution is 0.0342. The fourth-order valence-corrected chi connectivity index (χ4v) is 2.24. The molecule has 0 radical (unpaired) electrons. The maximum absolute atomic E-state index is 5.46. The lowest BCUT2D eigenvalue weighted by Crippen LogP contribution is -2.35. The van der Waals surface area contributed by atoms with Crippen LogP contribution in [0.2, 0.25) is 0 Å². The predicted octanol–water partition coefficient (Wildman–Crippen LogP) is 0.957. The van der Waals surface area contributed by atoms with E-state index in [1.165, 1.54) is 11.1 Å². The van der Waals surface area contributed by atoms with Crippen molar-refractivity contribution in [1.82, 2.24) is 10.2 Å².